The molecule has 116 valence electrons. The van der Waals surface area contributed by atoms with E-state index in [1.54, 1.807) is 0 Å². The lowest BCUT2D eigenvalue weighted by atomic mass is 10.1. The fourth-order valence-electron chi connectivity index (χ4n) is 2.96. The Labute approximate surface area is 131 Å². The van der Waals surface area contributed by atoms with E-state index in [0.29, 0.717) is 0 Å². The summed E-state index contributed by atoms with van der Waals surface area (Å²) in [7, 11) is -0.791. The molecule has 1 aliphatic rings. The van der Waals surface area contributed by atoms with Gasteiger partial charge in [-0.2, -0.15) is 0 Å². The van der Waals surface area contributed by atoms with E-state index in [4.69, 9.17) is 4.74 Å². The highest BCUT2D eigenvalue weighted by atomic mass is 32.3. The summed E-state index contributed by atoms with van der Waals surface area (Å²) in [5.74, 6) is 4.67. The second kappa shape index (κ2) is 7.74. The van der Waals surface area contributed by atoms with Crippen LogP contribution in [-0.2, 0) is 0 Å². The molecule has 0 fully saturated rings. The molecule has 0 N–H and O–H groups in total. The van der Waals surface area contributed by atoms with E-state index in [9.17, 15) is 0 Å². The van der Waals surface area contributed by atoms with Crippen molar-refractivity contribution >= 4 is 10.0 Å². The zero-order chi connectivity index (χ0) is 15.1. The number of para-hydroxylation sites is 1. The van der Waals surface area contributed by atoms with Crippen molar-refractivity contribution in [2.45, 2.75) is 39.0 Å². The van der Waals surface area contributed by atoms with Crippen LogP contribution in [-0.4, -0.2) is 22.7 Å². The van der Waals surface area contributed by atoms with E-state index in [1.165, 1.54) is 22.8 Å². The first kappa shape index (κ1) is 16.2. The Kier molecular flexibility index (Phi) is 5.98. The van der Waals surface area contributed by atoms with E-state index in [0.717, 1.165) is 18.6 Å². The third kappa shape index (κ3) is 3.74. The number of allylic oxidation sites excluding steroid dienone is 2. The number of hydrogen-bond donors (Lipinski definition) is 0. The second-order valence-corrected chi connectivity index (χ2v) is 9.81. The highest BCUT2D eigenvalue weighted by molar-refractivity contribution is 8.34. The topological polar surface area (TPSA) is 9.23 Å². The molecule has 1 nitrogen and oxygen atoms in total. The smallest absolute Gasteiger partial charge is 0.154 e. The Morgan fingerprint density at radius 2 is 1.67 bits per heavy atom. The Balaban J connectivity index is 2.34. The van der Waals surface area contributed by atoms with Gasteiger partial charge in [0, 0.05) is 0 Å². The summed E-state index contributed by atoms with van der Waals surface area (Å²) in [6.07, 6.45) is 9.28. The van der Waals surface area contributed by atoms with Crippen LogP contribution >= 0.6 is 10.0 Å². The lowest BCUT2D eigenvalue weighted by Crippen LogP contribution is -2.31. The van der Waals surface area contributed by atoms with Gasteiger partial charge >= 0.3 is 0 Å². The average Bonchev–Trinajstić information content (AvgIpc) is 2.57. The van der Waals surface area contributed by atoms with Crippen molar-refractivity contribution in [2.24, 2.45) is 0 Å². The Morgan fingerprint density at radius 1 is 1.00 bits per heavy atom. The predicted octanol–water partition coefficient (Wildman–Crippen LogP) is 5.53. The fourth-order valence-corrected chi connectivity index (χ4v) is 6.16. The van der Waals surface area contributed by atoms with Gasteiger partial charge in [-0.15, -0.1) is 0 Å². The summed E-state index contributed by atoms with van der Waals surface area (Å²) in [6, 6.07) is 10.3. The lowest BCUT2D eigenvalue weighted by molar-refractivity contribution is 0.318. The largest absolute Gasteiger partial charge is 0.477 e. The molecule has 2 rings (SSSR count). The van der Waals surface area contributed by atoms with Gasteiger partial charge in [-0.05, 0) is 47.8 Å². The van der Waals surface area contributed by atoms with Crippen molar-refractivity contribution < 1.29 is 4.74 Å². The van der Waals surface area contributed by atoms with E-state index >= 15 is 0 Å². The van der Waals surface area contributed by atoms with Gasteiger partial charge in [-0.25, -0.2) is 10.0 Å². The number of benzene rings is 1. The summed E-state index contributed by atoms with van der Waals surface area (Å²) in [5.41, 5.74) is 1.63. The van der Waals surface area contributed by atoms with Crippen LogP contribution in [0.25, 0.3) is 0 Å². The third-order valence-electron chi connectivity index (χ3n) is 4.46. The predicted molar refractivity (Wildman–Crippen MR) is 96.5 cm³/mol. The molecule has 1 aromatic rings. The first-order valence-electron chi connectivity index (χ1n) is 8.09. The third-order valence-corrected chi connectivity index (χ3v) is 9.19. The monoisotopic (exact) mass is 304 g/mol. The molecule has 0 aromatic heterocycles. The molecule has 0 saturated carbocycles. The van der Waals surface area contributed by atoms with Gasteiger partial charge in [0.05, 0.1) is 0 Å². The zero-order valence-electron chi connectivity index (χ0n) is 13.5. The molecule has 1 aliphatic carbocycles. The molecule has 1 unspecified atom stereocenters. The van der Waals surface area contributed by atoms with Crippen molar-refractivity contribution in [1.29, 1.82) is 0 Å². The summed E-state index contributed by atoms with van der Waals surface area (Å²) in [5, 5.41) is 0. The molecule has 0 aliphatic heterocycles. The summed E-state index contributed by atoms with van der Waals surface area (Å²) in [6.45, 7) is 6.99. The molecule has 0 heterocycles. The van der Waals surface area contributed by atoms with E-state index in [2.05, 4.69) is 63.3 Å². The molecule has 0 radical (unpaired) electrons. The van der Waals surface area contributed by atoms with E-state index in [1.807, 2.05) is 6.07 Å². The molecule has 0 saturated heterocycles. The highest BCUT2D eigenvalue weighted by Crippen LogP contribution is 2.55. The molecule has 2 heteroatoms. The van der Waals surface area contributed by atoms with Crippen molar-refractivity contribution in [1.82, 2.24) is 0 Å². The fraction of sp³-hybridized carbons (Fsp3) is 0.474. The van der Waals surface area contributed by atoms with Gasteiger partial charge in [0.25, 0.3) is 0 Å². The van der Waals surface area contributed by atoms with Crippen LogP contribution in [0.1, 0.15) is 33.6 Å². The molecule has 0 spiro atoms. The number of hydrogen-bond acceptors (Lipinski definition) is 1. The standard InChI is InChI=1S/C19H28OS/c1-4-21(5-2,6-3)19(17-13-9-7-10-14-17)20-18-15-11-8-12-16-18/h8-9,11-16,19H,4-7,10H2,1-3H3. The normalized spacial score (nSPS) is 17.2. The minimum absolute atomic E-state index is 0.233. The van der Waals surface area contributed by atoms with Crippen LogP contribution in [0.15, 0.2) is 54.1 Å². The van der Waals surface area contributed by atoms with Crippen LogP contribution in [0, 0.1) is 0 Å². The van der Waals surface area contributed by atoms with Crippen LogP contribution in [0.4, 0.5) is 0 Å². The van der Waals surface area contributed by atoms with Crippen molar-refractivity contribution in [3.63, 3.8) is 0 Å². The first-order chi connectivity index (χ1) is 10.3. The van der Waals surface area contributed by atoms with Gasteiger partial charge in [-0.3, -0.25) is 0 Å². The van der Waals surface area contributed by atoms with Crippen LogP contribution in [0.5, 0.6) is 5.75 Å². The maximum absolute atomic E-state index is 6.51. The minimum Gasteiger partial charge on any atom is -0.477 e. The molecular formula is C19H28OS. The number of rotatable bonds is 7. The van der Waals surface area contributed by atoms with Crippen LogP contribution in [0.2, 0.25) is 0 Å². The molecule has 0 amide bonds. The number of ether oxygens (including phenoxy) is 1. The van der Waals surface area contributed by atoms with Crippen LogP contribution in [0.3, 0.4) is 0 Å². The van der Waals surface area contributed by atoms with Gasteiger partial charge in [0.2, 0.25) is 0 Å². The molecule has 1 atom stereocenters. The van der Waals surface area contributed by atoms with E-state index < -0.39 is 10.0 Å². The zero-order valence-corrected chi connectivity index (χ0v) is 14.4. The summed E-state index contributed by atoms with van der Waals surface area (Å²) in [4.78, 5) is 0. The summed E-state index contributed by atoms with van der Waals surface area (Å²) >= 11 is 0. The molecule has 21 heavy (non-hydrogen) atoms. The SMILES string of the molecule is CCS(CC)(CC)C(Oc1ccccc1)C1=CCCC=C1. The molecule has 1 aromatic carbocycles. The molecular weight excluding hydrogens is 276 g/mol. The Bertz CT molecular complexity index is 477. The van der Waals surface area contributed by atoms with Crippen molar-refractivity contribution in [3.05, 3.63) is 54.1 Å². The minimum atomic E-state index is -0.791. The quantitative estimate of drug-likeness (QED) is 0.643. The maximum atomic E-state index is 6.51. The lowest BCUT2D eigenvalue weighted by Gasteiger charge is -2.45. The highest BCUT2D eigenvalue weighted by Gasteiger charge is 2.33. The van der Waals surface area contributed by atoms with Crippen LogP contribution < -0.4 is 4.74 Å². The first-order valence-corrected chi connectivity index (χ1v) is 10.3. The van der Waals surface area contributed by atoms with Gasteiger partial charge in [0.15, 0.2) is 5.44 Å². The summed E-state index contributed by atoms with van der Waals surface area (Å²) < 4.78 is 6.51. The van der Waals surface area contributed by atoms with Gasteiger partial charge in [0.1, 0.15) is 5.75 Å². The second-order valence-electron chi connectivity index (χ2n) is 5.43. The Hall–Kier alpha value is -1.15. The van der Waals surface area contributed by atoms with Crippen molar-refractivity contribution in [3.8, 4) is 5.75 Å². The molecule has 0 bridgehead atoms. The van der Waals surface area contributed by atoms with Gasteiger partial charge < -0.3 is 4.74 Å². The average molecular weight is 304 g/mol. The Morgan fingerprint density at radius 3 is 2.19 bits per heavy atom. The maximum Gasteiger partial charge on any atom is 0.154 e. The van der Waals surface area contributed by atoms with E-state index in [-0.39, 0.29) is 5.44 Å². The van der Waals surface area contributed by atoms with Crippen molar-refractivity contribution in [2.75, 3.05) is 17.3 Å². The van der Waals surface area contributed by atoms with Gasteiger partial charge in [-0.1, -0.05) is 57.2 Å².